The molecule has 0 fully saturated rings. The van der Waals surface area contributed by atoms with Crippen LogP contribution in [0.2, 0.25) is 0 Å². The maximum absolute atomic E-state index is 11.9. The first-order valence-electron chi connectivity index (χ1n) is 9.47. The molecule has 1 rings (SSSR count). The Balaban J connectivity index is 2.70. The van der Waals surface area contributed by atoms with Crippen LogP contribution in [0.5, 0.6) is 5.75 Å². The van der Waals surface area contributed by atoms with Crippen LogP contribution in [0.25, 0.3) is 0 Å². The van der Waals surface area contributed by atoms with Crippen molar-refractivity contribution in [3.8, 4) is 5.75 Å². The second-order valence-corrected chi connectivity index (χ2v) is 6.34. The smallest absolute Gasteiger partial charge is 0.243 e. The van der Waals surface area contributed by atoms with Crippen molar-refractivity contribution in [3.63, 3.8) is 0 Å². The zero-order valence-corrected chi connectivity index (χ0v) is 17.3. The van der Waals surface area contributed by atoms with Crippen molar-refractivity contribution < 1.29 is 14.3 Å². The van der Waals surface area contributed by atoms with Crippen LogP contribution in [0.15, 0.2) is 29.3 Å². The van der Waals surface area contributed by atoms with Gasteiger partial charge in [-0.05, 0) is 38.0 Å². The lowest BCUT2D eigenvalue weighted by molar-refractivity contribution is -0.127. The van der Waals surface area contributed by atoms with Crippen LogP contribution < -0.4 is 10.1 Å². The fourth-order valence-electron chi connectivity index (χ4n) is 2.32. The molecule has 0 heterocycles. The first kappa shape index (κ1) is 22.8. The summed E-state index contributed by atoms with van der Waals surface area (Å²) in [7, 11) is 5.43. The molecule has 0 saturated heterocycles. The maximum Gasteiger partial charge on any atom is 0.243 e. The summed E-state index contributed by atoms with van der Waals surface area (Å²) in [4.78, 5) is 19.9. The number of hydrogen-bond donors (Lipinski definition) is 1. The van der Waals surface area contributed by atoms with Crippen molar-refractivity contribution >= 4 is 11.9 Å². The Bertz CT molecular complexity index is 573. The highest BCUT2D eigenvalue weighted by atomic mass is 16.5. The number of likely N-dealkylation sites (N-methyl/N-ethyl adjacent to an activating group) is 1. The molecule has 0 aliphatic rings. The molecule has 7 nitrogen and oxygen atoms in total. The Kier molecular flexibility index (Phi) is 10.9. The van der Waals surface area contributed by atoms with Gasteiger partial charge in [-0.3, -0.25) is 4.79 Å². The molecule has 0 aliphatic carbocycles. The molecule has 1 aromatic rings. The van der Waals surface area contributed by atoms with E-state index in [1.807, 2.05) is 50.1 Å². The number of amides is 1. The van der Waals surface area contributed by atoms with Crippen LogP contribution in [-0.4, -0.2) is 75.7 Å². The molecule has 0 atom stereocenters. The third-order valence-corrected chi connectivity index (χ3v) is 3.83. The highest BCUT2D eigenvalue weighted by molar-refractivity contribution is 5.84. The summed E-state index contributed by atoms with van der Waals surface area (Å²) >= 11 is 0. The lowest BCUT2D eigenvalue weighted by atomic mass is 10.2. The molecule has 27 heavy (non-hydrogen) atoms. The molecule has 0 aromatic heterocycles. The minimum absolute atomic E-state index is 0.0296. The zero-order chi connectivity index (χ0) is 20.1. The van der Waals surface area contributed by atoms with Crippen LogP contribution in [-0.2, 0) is 16.1 Å². The molecule has 0 unspecified atom stereocenters. The van der Waals surface area contributed by atoms with Gasteiger partial charge in [0, 0.05) is 47.4 Å². The van der Waals surface area contributed by atoms with E-state index in [1.165, 1.54) is 0 Å². The number of nitrogens with one attached hydrogen (secondary N) is 1. The number of carbonyl (C=O) groups excluding carboxylic acids is 1. The lowest BCUT2D eigenvalue weighted by Gasteiger charge is -2.23. The van der Waals surface area contributed by atoms with E-state index >= 15 is 0 Å². The standard InChI is InChI=1S/C20H34N4O3/c1-6-26-14-8-13-21-20(22-15-19(25)23(3)4)24(5)16-17-9-11-18(12-10-17)27-7-2/h9-12H,6-8,13-16H2,1-5H3,(H,21,22). The number of ether oxygens (including phenoxy) is 2. The third-order valence-electron chi connectivity index (χ3n) is 3.83. The van der Waals surface area contributed by atoms with Gasteiger partial charge >= 0.3 is 0 Å². The van der Waals surface area contributed by atoms with Crippen molar-refractivity contribution in [2.75, 3.05) is 54.1 Å². The van der Waals surface area contributed by atoms with E-state index in [0.717, 1.165) is 30.9 Å². The van der Waals surface area contributed by atoms with Gasteiger partial charge in [0.15, 0.2) is 5.96 Å². The predicted molar refractivity (Wildman–Crippen MR) is 109 cm³/mol. The average molecular weight is 379 g/mol. The lowest BCUT2D eigenvalue weighted by Crippen LogP contribution is -2.40. The van der Waals surface area contributed by atoms with Crippen LogP contribution in [0.3, 0.4) is 0 Å². The van der Waals surface area contributed by atoms with Crippen LogP contribution >= 0.6 is 0 Å². The van der Waals surface area contributed by atoms with Gasteiger partial charge < -0.3 is 24.6 Å². The molecule has 152 valence electrons. The topological polar surface area (TPSA) is 66.4 Å². The summed E-state index contributed by atoms with van der Waals surface area (Å²) in [5, 5.41) is 3.33. The van der Waals surface area contributed by atoms with E-state index < -0.39 is 0 Å². The normalized spacial score (nSPS) is 11.2. The Hall–Kier alpha value is -2.28. The molecule has 0 bridgehead atoms. The van der Waals surface area contributed by atoms with Gasteiger partial charge in [0.05, 0.1) is 6.61 Å². The van der Waals surface area contributed by atoms with Crippen LogP contribution in [0.4, 0.5) is 0 Å². The Labute approximate surface area is 163 Å². The van der Waals surface area contributed by atoms with E-state index in [1.54, 1.807) is 19.0 Å². The highest BCUT2D eigenvalue weighted by Gasteiger charge is 2.10. The fraction of sp³-hybridized carbons (Fsp3) is 0.600. The van der Waals surface area contributed by atoms with Crippen LogP contribution in [0.1, 0.15) is 25.8 Å². The summed E-state index contributed by atoms with van der Waals surface area (Å²) < 4.78 is 10.8. The largest absolute Gasteiger partial charge is 0.494 e. The van der Waals surface area contributed by atoms with Crippen molar-refractivity contribution in [1.82, 2.24) is 15.1 Å². The Morgan fingerprint density at radius 2 is 1.81 bits per heavy atom. The molecule has 0 spiro atoms. The molecule has 0 aliphatic heterocycles. The van der Waals surface area contributed by atoms with Crippen LogP contribution in [0, 0.1) is 0 Å². The first-order chi connectivity index (χ1) is 13.0. The van der Waals surface area contributed by atoms with E-state index in [4.69, 9.17) is 9.47 Å². The van der Waals surface area contributed by atoms with Crippen molar-refractivity contribution in [1.29, 1.82) is 0 Å². The van der Waals surface area contributed by atoms with Gasteiger partial charge in [0.1, 0.15) is 12.3 Å². The number of carbonyl (C=O) groups is 1. The van der Waals surface area contributed by atoms with Gasteiger partial charge in [-0.25, -0.2) is 4.99 Å². The number of hydrogen-bond acceptors (Lipinski definition) is 4. The first-order valence-corrected chi connectivity index (χ1v) is 9.47. The number of benzene rings is 1. The quantitative estimate of drug-likeness (QED) is 0.362. The highest BCUT2D eigenvalue weighted by Crippen LogP contribution is 2.13. The second kappa shape index (κ2) is 13.0. The predicted octanol–water partition coefficient (Wildman–Crippen LogP) is 1.98. The number of nitrogens with zero attached hydrogens (tertiary/aromatic N) is 3. The average Bonchev–Trinajstić information content (AvgIpc) is 2.65. The van der Waals surface area contributed by atoms with Gasteiger partial charge in [-0.2, -0.15) is 0 Å². The summed E-state index contributed by atoms with van der Waals surface area (Å²) in [5.41, 5.74) is 1.14. The summed E-state index contributed by atoms with van der Waals surface area (Å²) in [6.45, 7) is 7.57. The Morgan fingerprint density at radius 1 is 1.11 bits per heavy atom. The van der Waals surface area contributed by atoms with E-state index in [-0.39, 0.29) is 12.5 Å². The molecule has 1 aromatic carbocycles. The van der Waals surface area contributed by atoms with Gasteiger partial charge in [0.2, 0.25) is 5.91 Å². The van der Waals surface area contributed by atoms with Gasteiger partial charge in [-0.15, -0.1) is 0 Å². The summed E-state index contributed by atoms with van der Waals surface area (Å²) in [6, 6.07) is 8.02. The molecule has 1 amide bonds. The second-order valence-electron chi connectivity index (χ2n) is 6.34. The minimum atomic E-state index is -0.0296. The van der Waals surface area contributed by atoms with E-state index in [0.29, 0.717) is 25.7 Å². The SMILES string of the molecule is CCOCCCNC(=NCC(=O)N(C)C)N(C)Cc1ccc(OCC)cc1. The summed E-state index contributed by atoms with van der Waals surface area (Å²) in [5.74, 6) is 1.54. The molecular formula is C20H34N4O3. The molecule has 1 N–H and O–H groups in total. The minimum Gasteiger partial charge on any atom is -0.494 e. The van der Waals surface area contributed by atoms with Gasteiger partial charge in [0.25, 0.3) is 0 Å². The van der Waals surface area contributed by atoms with E-state index in [2.05, 4.69) is 10.3 Å². The zero-order valence-electron chi connectivity index (χ0n) is 17.3. The number of guanidine groups is 1. The van der Waals surface area contributed by atoms with Crippen molar-refractivity contribution in [2.45, 2.75) is 26.8 Å². The monoisotopic (exact) mass is 378 g/mol. The van der Waals surface area contributed by atoms with Gasteiger partial charge in [-0.1, -0.05) is 12.1 Å². The van der Waals surface area contributed by atoms with E-state index in [9.17, 15) is 4.79 Å². The van der Waals surface area contributed by atoms with Crippen molar-refractivity contribution in [3.05, 3.63) is 29.8 Å². The fourth-order valence-corrected chi connectivity index (χ4v) is 2.32. The molecule has 0 radical (unpaired) electrons. The number of aliphatic imine (C=N–C) groups is 1. The summed E-state index contributed by atoms with van der Waals surface area (Å²) in [6.07, 6.45) is 0.880. The van der Waals surface area contributed by atoms with Crippen molar-refractivity contribution in [2.24, 2.45) is 4.99 Å². The molecule has 0 saturated carbocycles. The third kappa shape index (κ3) is 9.28. The Morgan fingerprint density at radius 3 is 2.41 bits per heavy atom. The number of rotatable bonds is 11. The molecule has 7 heteroatoms. The maximum atomic E-state index is 11.9. The molecular weight excluding hydrogens is 344 g/mol.